The number of carbonyl (C=O) groups is 1. The maximum absolute atomic E-state index is 12.0. The van der Waals surface area contributed by atoms with Crippen molar-refractivity contribution in [2.45, 2.75) is 0 Å². The van der Waals surface area contributed by atoms with E-state index in [1.165, 1.54) is 0 Å². The van der Waals surface area contributed by atoms with Crippen LogP contribution >= 0.6 is 0 Å². The third-order valence-electron chi connectivity index (χ3n) is 3.06. The van der Waals surface area contributed by atoms with E-state index in [4.69, 9.17) is 0 Å². The van der Waals surface area contributed by atoms with Crippen LogP contribution in [0.3, 0.4) is 0 Å². The zero-order chi connectivity index (χ0) is 13.9. The topological polar surface area (TPSA) is 47.8 Å². The monoisotopic (exact) mass is 263 g/mol. The number of hydrogen-bond acceptors (Lipinski definition) is 3. The largest absolute Gasteiger partial charge is 0.287 e. The lowest BCUT2D eigenvalue weighted by atomic mass is 10.1. The van der Waals surface area contributed by atoms with Crippen LogP contribution in [0.2, 0.25) is 0 Å². The van der Waals surface area contributed by atoms with Crippen molar-refractivity contribution in [1.29, 1.82) is 0 Å². The van der Waals surface area contributed by atoms with E-state index in [2.05, 4.69) is 10.1 Å². The number of para-hydroxylation sites is 1. The first kappa shape index (κ1) is 12.3. The summed E-state index contributed by atoms with van der Waals surface area (Å²) < 4.78 is 1.61. The Morgan fingerprint density at radius 3 is 2.85 bits per heavy atom. The van der Waals surface area contributed by atoms with Crippen LogP contribution < -0.4 is 0 Å². The van der Waals surface area contributed by atoms with E-state index in [0.29, 0.717) is 5.69 Å². The Labute approximate surface area is 116 Å². The highest BCUT2D eigenvalue weighted by Gasteiger charge is 2.05. The number of fused-ring (bicyclic) bond motifs is 1. The van der Waals surface area contributed by atoms with Gasteiger partial charge in [0, 0.05) is 24.8 Å². The van der Waals surface area contributed by atoms with Gasteiger partial charge in [-0.3, -0.25) is 14.5 Å². The summed E-state index contributed by atoms with van der Waals surface area (Å²) in [7, 11) is 1.79. The van der Waals surface area contributed by atoms with E-state index in [0.717, 1.165) is 16.5 Å². The molecule has 1 aromatic carbocycles. The maximum Gasteiger partial charge on any atom is 0.206 e. The number of nitrogens with zero attached hydrogens (tertiary/aromatic N) is 3. The van der Waals surface area contributed by atoms with E-state index in [1.807, 2.05) is 30.3 Å². The number of aryl methyl sites for hydroxylation is 1. The molecular weight excluding hydrogens is 250 g/mol. The standard InChI is InChI=1S/C16H13N3O/c1-19-11-9-15(18-19)16(20)7-6-12-8-10-17-14-5-3-2-4-13(12)14/h2-11H,1H3/b7-6+. The van der Waals surface area contributed by atoms with Gasteiger partial charge in [-0.1, -0.05) is 24.3 Å². The van der Waals surface area contributed by atoms with E-state index >= 15 is 0 Å². The Morgan fingerprint density at radius 1 is 1.20 bits per heavy atom. The van der Waals surface area contributed by atoms with Gasteiger partial charge in [-0.05, 0) is 29.8 Å². The minimum atomic E-state index is -0.105. The molecule has 0 radical (unpaired) electrons. The van der Waals surface area contributed by atoms with Crippen LogP contribution in [0.15, 0.2) is 54.9 Å². The molecule has 0 saturated heterocycles. The van der Waals surface area contributed by atoms with Crippen molar-refractivity contribution in [3.63, 3.8) is 0 Å². The van der Waals surface area contributed by atoms with Gasteiger partial charge in [-0.15, -0.1) is 0 Å². The molecule has 2 aromatic heterocycles. The number of aromatic nitrogens is 3. The lowest BCUT2D eigenvalue weighted by Gasteiger charge is -2.00. The van der Waals surface area contributed by atoms with Gasteiger partial charge in [0.25, 0.3) is 0 Å². The van der Waals surface area contributed by atoms with Crippen molar-refractivity contribution < 1.29 is 4.79 Å². The number of rotatable bonds is 3. The number of pyridine rings is 1. The van der Waals surface area contributed by atoms with E-state index in [9.17, 15) is 4.79 Å². The van der Waals surface area contributed by atoms with Crippen LogP contribution in [0.4, 0.5) is 0 Å². The lowest BCUT2D eigenvalue weighted by molar-refractivity contribution is 0.104. The molecule has 0 amide bonds. The summed E-state index contributed by atoms with van der Waals surface area (Å²) >= 11 is 0. The van der Waals surface area contributed by atoms with Gasteiger partial charge in [0.05, 0.1) is 5.52 Å². The van der Waals surface area contributed by atoms with Crippen LogP contribution in [0.1, 0.15) is 16.1 Å². The molecule has 0 fully saturated rings. The van der Waals surface area contributed by atoms with Crippen LogP contribution in [0.5, 0.6) is 0 Å². The third-order valence-corrected chi connectivity index (χ3v) is 3.06. The van der Waals surface area contributed by atoms with Crippen molar-refractivity contribution in [1.82, 2.24) is 14.8 Å². The second kappa shape index (κ2) is 5.09. The summed E-state index contributed by atoms with van der Waals surface area (Å²) in [5, 5.41) is 5.12. The summed E-state index contributed by atoms with van der Waals surface area (Å²) in [5.74, 6) is -0.105. The molecule has 3 aromatic rings. The van der Waals surface area contributed by atoms with E-state index in [1.54, 1.807) is 42.3 Å². The Hall–Kier alpha value is -2.75. The molecule has 0 unspecified atom stereocenters. The number of benzene rings is 1. The lowest BCUT2D eigenvalue weighted by Crippen LogP contribution is -1.97. The van der Waals surface area contributed by atoms with Crippen molar-refractivity contribution in [2.24, 2.45) is 7.05 Å². The zero-order valence-corrected chi connectivity index (χ0v) is 11.0. The van der Waals surface area contributed by atoms with Crippen LogP contribution in [0.25, 0.3) is 17.0 Å². The number of carbonyl (C=O) groups excluding carboxylic acids is 1. The summed E-state index contributed by atoms with van der Waals surface area (Å²) in [6, 6.07) is 11.5. The van der Waals surface area contributed by atoms with Crippen LogP contribution in [-0.2, 0) is 7.05 Å². The Morgan fingerprint density at radius 2 is 2.05 bits per heavy atom. The van der Waals surface area contributed by atoms with Gasteiger partial charge >= 0.3 is 0 Å². The fourth-order valence-corrected chi connectivity index (χ4v) is 2.06. The normalized spacial score (nSPS) is 11.2. The molecule has 0 spiro atoms. The second-order valence-corrected chi connectivity index (χ2v) is 4.49. The molecule has 0 atom stereocenters. The minimum Gasteiger partial charge on any atom is -0.287 e. The molecule has 0 aliphatic carbocycles. The molecule has 98 valence electrons. The highest BCUT2D eigenvalue weighted by Crippen LogP contribution is 2.17. The van der Waals surface area contributed by atoms with E-state index in [-0.39, 0.29) is 5.78 Å². The number of hydrogen-bond donors (Lipinski definition) is 0. The average molecular weight is 263 g/mol. The summed E-state index contributed by atoms with van der Waals surface area (Å²) in [6.45, 7) is 0. The molecular formula is C16H13N3O. The van der Waals surface area contributed by atoms with Crippen molar-refractivity contribution in [2.75, 3.05) is 0 Å². The second-order valence-electron chi connectivity index (χ2n) is 4.49. The van der Waals surface area contributed by atoms with Crippen molar-refractivity contribution >= 4 is 22.8 Å². The van der Waals surface area contributed by atoms with Gasteiger partial charge in [0.15, 0.2) is 0 Å². The molecule has 4 heteroatoms. The van der Waals surface area contributed by atoms with Gasteiger partial charge < -0.3 is 0 Å². The molecule has 0 aliphatic rings. The first-order chi connectivity index (χ1) is 9.74. The number of ketones is 1. The average Bonchev–Trinajstić information content (AvgIpc) is 2.91. The third kappa shape index (κ3) is 2.36. The molecule has 20 heavy (non-hydrogen) atoms. The molecule has 0 N–H and O–H groups in total. The Kier molecular flexibility index (Phi) is 3.13. The van der Waals surface area contributed by atoms with Crippen LogP contribution in [-0.4, -0.2) is 20.5 Å². The zero-order valence-electron chi connectivity index (χ0n) is 11.0. The van der Waals surface area contributed by atoms with Gasteiger partial charge in [-0.2, -0.15) is 5.10 Å². The van der Waals surface area contributed by atoms with Gasteiger partial charge in [-0.25, -0.2) is 0 Å². The Bertz CT molecular complexity index is 797. The summed E-state index contributed by atoms with van der Waals surface area (Å²) in [5.41, 5.74) is 2.34. The minimum absolute atomic E-state index is 0.105. The van der Waals surface area contributed by atoms with Crippen molar-refractivity contribution in [3.05, 3.63) is 66.1 Å². The fraction of sp³-hybridized carbons (Fsp3) is 0.0625. The molecule has 0 saturated carbocycles. The molecule has 0 aliphatic heterocycles. The molecule has 0 bridgehead atoms. The van der Waals surface area contributed by atoms with Gasteiger partial charge in [0.2, 0.25) is 5.78 Å². The summed E-state index contributed by atoms with van der Waals surface area (Å²) in [4.78, 5) is 16.3. The van der Waals surface area contributed by atoms with E-state index < -0.39 is 0 Å². The first-order valence-corrected chi connectivity index (χ1v) is 6.30. The van der Waals surface area contributed by atoms with Gasteiger partial charge in [0.1, 0.15) is 5.69 Å². The predicted octanol–water partition coefficient (Wildman–Crippen LogP) is 2.86. The molecule has 2 heterocycles. The SMILES string of the molecule is Cn1ccc(C(=O)/C=C/c2ccnc3ccccc23)n1. The molecule has 4 nitrogen and oxygen atoms in total. The van der Waals surface area contributed by atoms with Crippen molar-refractivity contribution in [3.8, 4) is 0 Å². The quantitative estimate of drug-likeness (QED) is 0.539. The highest BCUT2D eigenvalue weighted by molar-refractivity contribution is 6.06. The molecule has 3 rings (SSSR count). The van der Waals surface area contributed by atoms with Crippen LogP contribution in [0, 0.1) is 0 Å². The first-order valence-electron chi connectivity index (χ1n) is 6.30. The Balaban J connectivity index is 1.93. The number of allylic oxidation sites excluding steroid dienone is 1. The fourth-order valence-electron chi connectivity index (χ4n) is 2.06. The highest BCUT2D eigenvalue weighted by atomic mass is 16.1. The predicted molar refractivity (Wildman–Crippen MR) is 78.3 cm³/mol. The maximum atomic E-state index is 12.0. The summed E-state index contributed by atoms with van der Waals surface area (Å²) in [6.07, 6.45) is 6.85. The smallest absolute Gasteiger partial charge is 0.206 e.